The molecular weight excluding hydrogens is 214 g/mol. The molecule has 6 heteroatoms. The lowest BCUT2D eigenvalue weighted by Gasteiger charge is -1.96. The van der Waals surface area contributed by atoms with Crippen molar-refractivity contribution in [2.45, 2.75) is 13.5 Å². The molecule has 0 amide bonds. The van der Waals surface area contributed by atoms with Crippen LogP contribution in [0, 0.1) is 6.92 Å². The number of aromatic nitrogens is 2. The van der Waals surface area contributed by atoms with Crippen molar-refractivity contribution in [3.63, 3.8) is 0 Å². The maximum Gasteiger partial charge on any atom is 0.183 e. The van der Waals surface area contributed by atoms with Crippen LogP contribution in [0.5, 0.6) is 0 Å². The summed E-state index contributed by atoms with van der Waals surface area (Å²) in [6.07, 6.45) is 0.724. The molecule has 0 bridgehead atoms. The average molecular weight is 223 g/mol. The van der Waals surface area contributed by atoms with E-state index >= 15 is 0 Å². The minimum absolute atomic E-state index is 0.443. The highest BCUT2D eigenvalue weighted by Gasteiger charge is 2.03. The minimum atomic E-state index is 0.443. The van der Waals surface area contributed by atoms with Gasteiger partial charge in [-0.1, -0.05) is 5.16 Å². The summed E-state index contributed by atoms with van der Waals surface area (Å²) in [4.78, 5) is 14.4. The fraction of sp³-hybridized carbons (Fsp3) is 0.222. The standard InChI is InChI=1S/C9H9N3O2S/c1-6-2-7(12-14-6)3-10-9-11-8(4-13)5-15-9/h2,4-5H,3H2,1H3,(H,10,11). The quantitative estimate of drug-likeness (QED) is 0.801. The topological polar surface area (TPSA) is 68.0 Å². The first kappa shape index (κ1) is 9.85. The molecule has 1 N–H and O–H groups in total. The molecule has 0 aromatic carbocycles. The highest BCUT2D eigenvalue weighted by atomic mass is 32.1. The normalized spacial score (nSPS) is 10.2. The van der Waals surface area contributed by atoms with Crippen LogP contribution >= 0.6 is 11.3 Å². The lowest BCUT2D eigenvalue weighted by molar-refractivity contribution is 0.111. The van der Waals surface area contributed by atoms with Crippen LogP contribution in [0.2, 0.25) is 0 Å². The Morgan fingerprint density at radius 2 is 2.53 bits per heavy atom. The first-order valence-electron chi connectivity index (χ1n) is 4.34. The Bertz CT molecular complexity index is 463. The molecule has 2 aromatic rings. The van der Waals surface area contributed by atoms with Crippen molar-refractivity contribution < 1.29 is 9.32 Å². The number of aryl methyl sites for hydroxylation is 1. The summed E-state index contributed by atoms with van der Waals surface area (Å²) in [6.45, 7) is 2.38. The Balaban J connectivity index is 1.95. The molecule has 0 aliphatic carbocycles. The fourth-order valence-electron chi connectivity index (χ4n) is 1.09. The van der Waals surface area contributed by atoms with Gasteiger partial charge in [0.15, 0.2) is 11.4 Å². The van der Waals surface area contributed by atoms with Crippen LogP contribution in [-0.2, 0) is 6.54 Å². The SMILES string of the molecule is Cc1cc(CNc2nc(C=O)cs2)no1. The summed E-state index contributed by atoms with van der Waals surface area (Å²) in [5.74, 6) is 0.777. The number of thiazole rings is 1. The average Bonchev–Trinajstić information content (AvgIpc) is 2.83. The third-order valence-corrected chi connectivity index (χ3v) is 2.56. The smallest absolute Gasteiger partial charge is 0.183 e. The zero-order valence-corrected chi connectivity index (χ0v) is 8.87. The van der Waals surface area contributed by atoms with Crippen LogP contribution in [0.15, 0.2) is 16.0 Å². The van der Waals surface area contributed by atoms with Gasteiger partial charge in [0.1, 0.15) is 17.1 Å². The zero-order valence-electron chi connectivity index (χ0n) is 8.06. The summed E-state index contributed by atoms with van der Waals surface area (Å²) in [6, 6.07) is 1.85. The van der Waals surface area contributed by atoms with Gasteiger partial charge in [0, 0.05) is 11.4 Å². The van der Waals surface area contributed by atoms with Gasteiger partial charge in [0.25, 0.3) is 0 Å². The fourth-order valence-corrected chi connectivity index (χ4v) is 1.74. The number of nitrogens with one attached hydrogen (secondary N) is 1. The molecule has 2 heterocycles. The maximum absolute atomic E-state index is 10.4. The van der Waals surface area contributed by atoms with Crippen molar-refractivity contribution in [1.29, 1.82) is 0 Å². The molecule has 0 radical (unpaired) electrons. The molecule has 5 nitrogen and oxygen atoms in total. The third-order valence-electron chi connectivity index (χ3n) is 1.74. The van der Waals surface area contributed by atoms with Gasteiger partial charge in [-0.3, -0.25) is 4.79 Å². The van der Waals surface area contributed by atoms with Crippen molar-refractivity contribution >= 4 is 22.8 Å². The van der Waals surface area contributed by atoms with Crippen molar-refractivity contribution in [1.82, 2.24) is 10.1 Å². The Hall–Kier alpha value is -1.69. The van der Waals surface area contributed by atoms with Crippen LogP contribution in [0.3, 0.4) is 0 Å². The molecule has 2 aromatic heterocycles. The number of hydrogen-bond donors (Lipinski definition) is 1. The molecule has 78 valence electrons. The highest BCUT2D eigenvalue weighted by molar-refractivity contribution is 7.13. The van der Waals surface area contributed by atoms with Gasteiger partial charge in [-0.05, 0) is 6.92 Å². The molecule has 2 rings (SSSR count). The Labute approximate surface area is 90.1 Å². The molecule has 0 atom stereocenters. The van der Waals surface area contributed by atoms with Crippen LogP contribution in [0.25, 0.3) is 0 Å². The number of anilines is 1. The van der Waals surface area contributed by atoms with Gasteiger partial charge in [-0.2, -0.15) is 0 Å². The molecule has 0 unspecified atom stereocenters. The minimum Gasteiger partial charge on any atom is -0.361 e. The summed E-state index contributed by atoms with van der Waals surface area (Å²) in [5.41, 5.74) is 1.26. The summed E-state index contributed by atoms with van der Waals surface area (Å²) in [5, 5.41) is 9.29. The van der Waals surface area contributed by atoms with Crippen LogP contribution in [-0.4, -0.2) is 16.4 Å². The molecule has 0 aliphatic rings. The number of carbonyl (C=O) groups excluding carboxylic acids is 1. The number of aldehydes is 1. The van der Waals surface area contributed by atoms with Gasteiger partial charge < -0.3 is 9.84 Å². The predicted molar refractivity (Wildman–Crippen MR) is 56.1 cm³/mol. The Morgan fingerprint density at radius 1 is 1.67 bits per heavy atom. The second-order valence-electron chi connectivity index (χ2n) is 2.98. The van der Waals surface area contributed by atoms with E-state index in [0.29, 0.717) is 17.4 Å². The molecule has 0 spiro atoms. The van der Waals surface area contributed by atoms with E-state index in [0.717, 1.165) is 17.7 Å². The van der Waals surface area contributed by atoms with Gasteiger partial charge in [-0.25, -0.2) is 4.98 Å². The Kier molecular flexibility index (Phi) is 2.77. The van der Waals surface area contributed by atoms with Gasteiger partial charge >= 0.3 is 0 Å². The second kappa shape index (κ2) is 4.22. The van der Waals surface area contributed by atoms with Crippen molar-refractivity contribution in [3.05, 3.63) is 28.6 Å². The predicted octanol–water partition coefficient (Wildman–Crippen LogP) is 1.86. The highest BCUT2D eigenvalue weighted by Crippen LogP contribution is 2.15. The molecule has 0 saturated heterocycles. The number of nitrogens with zero attached hydrogens (tertiary/aromatic N) is 2. The number of rotatable bonds is 4. The molecule has 0 aliphatic heterocycles. The number of hydrogen-bond acceptors (Lipinski definition) is 6. The van der Waals surface area contributed by atoms with Crippen molar-refractivity contribution in [2.75, 3.05) is 5.32 Å². The van der Waals surface area contributed by atoms with Gasteiger partial charge in [0.05, 0.1) is 6.54 Å². The zero-order chi connectivity index (χ0) is 10.7. The van der Waals surface area contributed by atoms with E-state index in [1.807, 2.05) is 13.0 Å². The van der Waals surface area contributed by atoms with Crippen molar-refractivity contribution in [3.8, 4) is 0 Å². The van der Waals surface area contributed by atoms with E-state index in [1.165, 1.54) is 11.3 Å². The maximum atomic E-state index is 10.4. The lowest BCUT2D eigenvalue weighted by Crippen LogP contribution is -1.99. The second-order valence-corrected chi connectivity index (χ2v) is 3.84. The molecule has 15 heavy (non-hydrogen) atoms. The molecular formula is C9H9N3O2S. The molecule has 0 saturated carbocycles. The first-order valence-corrected chi connectivity index (χ1v) is 5.22. The summed E-state index contributed by atoms with van der Waals surface area (Å²) < 4.78 is 4.92. The van der Waals surface area contributed by atoms with Crippen LogP contribution < -0.4 is 5.32 Å². The van der Waals surface area contributed by atoms with E-state index < -0.39 is 0 Å². The first-order chi connectivity index (χ1) is 7.28. The summed E-state index contributed by atoms with van der Waals surface area (Å²) in [7, 11) is 0. The van der Waals surface area contributed by atoms with Gasteiger partial charge in [-0.15, -0.1) is 11.3 Å². The van der Waals surface area contributed by atoms with E-state index in [1.54, 1.807) is 5.38 Å². The van der Waals surface area contributed by atoms with Gasteiger partial charge in [0.2, 0.25) is 0 Å². The Morgan fingerprint density at radius 3 is 3.13 bits per heavy atom. The largest absolute Gasteiger partial charge is 0.361 e. The van der Waals surface area contributed by atoms with E-state index in [9.17, 15) is 4.79 Å². The van der Waals surface area contributed by atoms with E-state index in [4.69, 9.17) is 4.52 Å². The summed E-state index contributed by atoms with van der Waals surface area (Å²) >= 11 is 1.39. The molecule has 0 fully saturated rings. The van der Waals surface area contributed by atoms with Crippen LogP contribution in [0.4, 0.5) is 5.13 Å². The monoisotopic (exact) mass is 223 g/mol. The van der Waals surface area contributed by atoms with Crippen molar-refractivity contribution in [2.24, 2.45) is 0 Å². The van der Waals surface area contributed by atoms with E-state index in [-0.39, 0.29) is 0 Å². The van der Waals surface area contributed by atoms with Crippen LogP contribution in [0.1, 0.15) is 21.9 Å². The number of carbonyl (C=O) groups is 1. The lowest BCUT2D eigenvalue weighted by atomic mass is 10.4. The third kappa shape index (κ3) is 2.41. The van der Waals surface area contributed by atoms with E-state index in [2.05, 4.69) is 15.5 Å².